The molecule has 1 aromatic heterocycles. The van der Waals surface area contributed by atoms with Gasteiger partial charge in [0.05, 0.1) is 19.3 Å². The van der Waals surface area contributed by atoms with Crippen LogP contribution in [0.1, 0.15) is 25.3 Å². The lowest BCUT2D eigenvalue weighted by molar-refractivity contribution is -0.132. The predicted octanol–water partition coefficient (Wildman–Crippen LogP) is 0.367. The number of hydrogen-bond acceptors (Lipinski definition) is 3. The van der Waals surface area contributed by atoms with Crippen LogP contribution in [0.15, 0.2) is 17.4 Å². The van der Waals surface area contributed by atoms with Crippen LogP contribution >= 0.6 is 0 Å². The standard InChI is InChI=1S/C15H26N6O/c1-4-16-15(17-7-8-21-10-12(2)9-18-21)19-13-5-6-14(22)20(3)11-13/h9-10,13H,4-8,11H2,1-3H3,(H2,16,17,19). The molecule has 0 aliphatic carbocycles. The maximum Gasteiger partial charge on any atom is 0.222 e. The van der Waals surface area contributed by atoms with Crippen molar-refractivity contribution in [3.8, 4) is 0 Å². The molecule has 22 heavy (non-hydrogen) atoms. The highest BCUT2D eigenvalue weighted by Crippen LogP contribution is 2.09. The third-order valence-corrected chi connectivity index (χ3v) is 3.67. The van der Waals surface area contributed by atoms with E-state index in [1.807, 2.05) is 38.0 Å². The molecule has 1 aliphatic rings. The molecule has 0 aromatic carbocycles. The number of likely N-dealkylation sites (tertiary alicyclic amines) is 1. The number of guanidine groups is 1. The predicted molar refractivity (Wildman–Crippen MR) is 86.7 cm³/mol. The number of hydrogen-bond donors (Lipinski definition) is 2. The fourth-order valence-electron chi connectivity index (χ4n) is 2.50. The summed E-state index contributed by atoms with van der Waals surface area (Å²) in [5.41, 5.74) is 1.16. The van der Waals surface area contributed by atoms with E-state index in [-0.39, 0.29) is 11.9 Å². The van der Waals surface area contributed by atoms with Gasteiger partial charge in [-0.05, 0) is 25.8 Å². The lowest BCUT2D eigenvalue weighted by Gasteiger charge is -2.31. The number of piperidine rings is 1. The van der Waals surface area contributed by atoms with Crippen molar-refractivity contribution in [2.24, 2.45) is 4.99 Å². The Bertz CT molecular complexity index is 524. The van der Waals surface area contributed by atoms with E-state index in [9.17, 15) is 4.79 Å². The topological polar surface area (TPSA) is 74.5 Å². The van der Waals surface area contributed by atoms with Crippen molar-refractivity contribution < 1.29 is 4.79 Å². The monoisotopic (exact) mass is 306 g/mol. The van der Waals surface area contributed by atoms with E-state index in [1.54, 1.807) is 4.90 Å². The molecule has 1 unspecified atom stereocenters. The Hall–Kier alpha value is -2.05. The number of rotatable bonds is 5. The molecule has 122 valence electrons. The largest absolute Gasteiger partial charge is 0.357 e. The lowest BCUT2D eigenvalue weighted by atomic mass is 10.1. The molecule has 1 amide bonds. The van der Waals surface area contributed by atoms with E-state index in [0.717, 1.165) is 37.6 Å². The number of amides is 1. The average molecular weight is 306 g/mol. The van der Waals surface area contributed by atoms with Crippen molar-refractivity contribution in [3.05, 3.63) is 18.0 Å². The second-order valence-electron chi connectivity index (χ2n) is 5.70. The fourth-order valence-corrected chi connectivity index (χ4v) is 2.50. The van der Waals surface area contributed by atoms with Crippen LogP contribution in [0.5, 0.6) is 0 Å². The molecule has 0 radical (unpaired) electrons. The number of nitrogens with one attached hydrogen (secondary N) is 2. The van der Waals surface area contributed by atoms with Gasteiger partial charge in [-0.1, -0.05) is 0 Å². The van der Waals surface area contributed by atoms with E-state index in [0.29, 0.717) is 13.0 Å². The highest BCUT2D eigenvalue weighted by Gasteiger charge is 2.23. The Morgan fingerprint density at radius 1 is 1.55 bits per heavy atom. The highest BCUT2D eigenvalue weighted by molar-refractivity contribution is 5.81. The second-order valence-corrected chi connectivity index (χ2v) is 5.70. The van der Waals surface area contributed by atoms with Gasteiger partial charge in [0.15, 0.2) is 5.96 Å². The Balaban J connectivity index is 1.85. The minimum atomic E-state index is 0.217. The number of aliphatic imine (C=N–C) groups is 1. The van der Waals surface area contributed by atoms with Crippen LogP contribution in [0.2, 0.25) is 0 Å². The first-order chi connectivity index (χ1) is 10.6. The van der Waals surface area contributed by atoms with Crippen molar-refractivity contribution >= 4 is 11.9 Å². The van der Waals surface area contributed by atoms with Gasteiger partial charge in [0.2, 0.25) is 5.91 Å². The first-order valence-corrected chi connectivity index (χ1v) is 7.86. The third-order valence-electron chi connectivity index (χ3n) is 3.67. The SMILES string of the molecule is CCNC(=NCCn1cc(C)cn1)NC1CCC(=O)N(C)C1. The maximum atomic E-state index is 11.5. The molecule has 2 N–H and O–H groups in total. The van der Waals surface area contributed by atoms with Crippen LogP contribution in [-0.4, -0.2) is 59.3 Å². The van der Waals surface area contributed by atoms with E-state index in [4.69, 9.17) is 0 Å². The van der Waals surface area contributed by atoms with Crippen LogP contribution < -0.4 is 10.6 Å². The molecule has 2 heterocycles. The number of aromatic nitrogens is 2. The quantitative estimate of drug-likeness (QED) is 0.609. The van der Waals surface area contributed by atoms with Gasteiger partial charge in [0.1, 0.15) is 0 Å². The van der Waals surface area contributed by atoms with Crippen LogP contribution in [0.4, 0.5) is 0 Å². The molecule has 1 atom stereocenters. The summed E-state index contributed by atoms with van der Waals surface area (Å²) in [6.45, 7) is 7.03. The van der Waals surface area contributed by atoms with E-state index < -0.39 is 0 Å². The summed E-state index contributed by atoms with van der Waals surface area (Å²) in [5, 5.41) is 10.9. The highest BCUT2D eigenvalue weighted by atomic mass is 16.2. The molecular weight excluding hydrogens is 280 g/mol. The van der Waals surface area contributed by atoms with Crippen LogP contribution in [-0.2, 0) is 11.3 Å². The zero-order valence-electron chi connectivity index (χ0n) is 13.7. The van der Waals surface area contributed by atoms with E-state index >= 15 is 0 Å². The Morgan fingerprint density at radius 2 is 2.36 bits per heavy atom. The number of likely N-dealkylation sites (N-methyl/N-ethyl adjacent to an activating group) is 1. The second kappa shape index (κ2) is 7.82. The number of nitrogens with zero attached hydrogens (tertiary/aromatic N) is 4. The lowest BCUT2D eigenvalue weighted by Crippen LogP contribution is -2.51. The molecule has 0 bridgehead atoms. The van der Waals surface area contributed by atoms with Crippen molar-refractivity contribution in [2.75, 3.05) is 26.7 Å². The Morgan fingerprint density at radius 3 is 3.00 bits per heavy atom. The van der Waals surface area contributed by atoms with Gasteiger partial charge in [-0.15, -0.1) is 0 Å². The van der Waals surface area contributed by atoms with Gasteiger partial charge >= 0.3 is 0 Å². The van der Waals surface area contributed by atoms with Crippen molar-refractivity contribution in [2.45, 2.75) is 39.3 Å². The molecule has 2 rings (SSSR count). The fraction of sp³-hybridized carbons (Fsp3) is 0.667. The van der Waals surface area contributed by atoms with Crippen LogP contribution in [0.3, 0.4) is 0 Å². The normalized spacial score (nSPS) is 19.4. The first-order valence-electron chi connectivity index (χ1n) is 7.86. The summed E-state index contributed by atoms with van der Waals surface area (Å²) in [6, 6.07) is 0.257. The van der Waals surface area contributed by atoms with Gasteiger partial charge < -0.3 is 15.5 Å². The zero-order chi connectivity index (χ0) is 15.9. The molecule has 1 saturated heterocycles. The Labute approximate surface area is 131 Å². The number of aryl methyl sites for hydroxylation is 1. The maximum absolute atomic E-state index is 11.5. The minimum absolute atomic E-state index is 0.217. The summed E-state index contributed by atoms with van der Waals surface area (Å²) < 4.78 is 1.90. The number of carbonyl (C=O) groups excluding carboxylic acids is 1. The third kappa shape index (κ3) is 4.75. The Kier molecular flexibility index (Phi) is 5.80. The molecular formula is C15H26N6O. The van der Waals surface area contributed by atoms with Crippen molar-refractivity contribution in [3.63, 3.8) is 0 Å². The van der Waals surface area contributed by atoms with Crippen molar-refractivity contribution in [1.82, 2.24) is 25.3 Å². The van der Waals surface area contributed by atoms with Crippen LogP contribution in [0.25, 0.3) is 0 Å². The molecule has 7 nitrogen and oxygen atoms in total. The van der Waals surface area contributed by atoms with Gasteiger partial charge in [-0.3, -0.25) is 14.5 Å². The average Bonchev–Trinajstić information content (AvgIpc) is 2.89. The van der Waals surface area contributed by atoms with Gasteiger partial charge in [0.25, 0.3) is 0 Å². The smallest absolute Gasteiger partial charge is 0.222 e. The summed E-state index contributed by atoms with van der Waals surface area (Å²) in [5.74, 6) is 1.02. The van der Waals surface area contributed by atoms with Gasteiger partial charge in [-0.2, -0.15) is 5.10 Å². The van der Waals surface area contributed by atoms with Gasteiger partial charge in [-0.25, -0.2) is 0 Å². The molecule has 7 heteroatoms. The molecule has 1 fully saturated rings. The summed E-state index contributed by atoms with van der Waals surface area (Å²) in [6.07, 6.45) is 5.31. The minimum Gasteiger partial charge on any atom is -0.357 e. The van der Waals surface area contributed by atoms with Crippen LogP contribution in [0, 0.1) is 6.92 Å². The van der Waals surface area contributed by atoms with E-state index in [1.165, 1.54) is 0 Å². The molecule has 1 aromatic rings. The summed E-state index contributed by atoms with van der Waals surface area (Å²) in [7, 11) is 1.85. The molecule has 1 aliphatic heterocycles. The summed E-state index contributed by atoms with van der Waals surface area (Å²) in [4.78, 5) is 17.9. The zero-order valence-corrected chi connectivity index (χ0v) is 13.7. The number of carbonyl (C=O) groups is 1. The molecule has 0 spiro atoms. The summed E-state index contributed by atoms with van der Waals surface area (Å²) >= 11 is 0. The van der Waals surface area contributed by atoms with E-state index in [2.05, 4.69) is 20.7 Å². The molecule has 0 saturated carbocycles. The van der Waals surface area contributed by atoms with Gasteiger partial charge in [0, 0.05) is 38.8 Å². The van der Waals surface area contributed by atoms with Crippen molar-refractivity contribution in [1.29, 1.82) is 0 Å². The first kappa shape index (κ1) is 16.3.